The molecule has 168 valence electrons. The predicted octanol–water partition coefficient (Wildman–Crippen LogP) is 1.94. The largest absolute Gasteiger partial charge is 0.351 e. The van der Waals surface area contributed by atoms with E-state index < -0.39 is 15.8 Å². The first-order chi connectivity index (χ1) is 14.9. The van der Waals surface area contributed by atoms with Gasteiger partial charge >= 0.3 is 0 Å². The number of hydrogen-bond donors (Lipinski definition) is 0. The van der Waals surface area contributed by atoms with Crippen LogP contribution in [-0.4, -0.2) is 73.3 Å². The molecule has 0 radical (unpaired) electrons. The molecular weight excluding hydrogens is 418 g/mol. The number of sulfonamides is 1. The molecular formula is C22H29N3O5S. The van der Waals surface area contributed by atoms with Gasteiger partial charge in [-0.25, -0.2) is 8.42 Å². The van der Waals surface area contributed by atoms with Gasteiger partial charge in [0.15, 0.2) is 5.79 Å². The van der Waals surface area contributed by atoms with Crippen molar-refractivity contribution in [3.63, 3.8) is 0 Å². The molecule has 0 N–H and O–H groups in total. The molecule has 3 aliphatic heterocycles. The average Bonchev–Trinajstić information content (AvgIpc) is 3.40. The number of benzene rings is 1. The van der Waals surface area contributed by atoms with E-state index in [9.17, 15) is 13.2 Å². The van der Waals surface area contributed by atoms with Gasteiger partial charge in [0.2, 0.25) is 15.9 Å². The van der Waals surface area contributed by atoms with Crippen LogP contribution in [0.25, 0.3) is 10.9 Å². The van der Waals surface area contributed by atoms with Gasteiger partial charge in [0.1, 0.15) is 0 Å². The first-order valence-electron chi connectivity index (χ1n) is 11.0. The molecule has 0 unspecified atom stereocenters. The number of carbonyl (C=O) groups excluding carboxylic acids is 1. The number of piperidine rings is 2. The van der Waals surface area contributed by atoms with Crippen molar-refractivity contribution >= 4 is 26.8 Å². The lowest BCUT2D eigenvalue weighted by atomic mass is 9.96. The van der Waals surface area contributed by atoms with Gasteiger partial charge < -0.3 is 18.9 Å². The monoisotopic (exact) mass is 447 g/mol. The van der Waals surface area contributed by atoms with Gasteiger partial charge in [0.05, 0.1) is 24.0 Å². The highest BCUT2D eigenvalue weighted by molar-refractivity contribution is 7.89. The third-order valence-electron chi connectivity index (χ3n) is 6.88. The van der Waals surface area contributed by atoms with Crippen LogP contribution in [0.2, 0.25) is 0 Å². The number of carbonyl (C=O) groups is 1. The van der Waals surface area contributed by atoms with Gasteiger partial charge in [0.25, 0.3) is 0 Å². The van der Waals surface area contributed by atoms with E-state index in [0.29, 0.717) is 52.1 Å². The minimum absolute atomic E-state index is 0.0475. The molecule has 0 aliphatic carbocycles. The summed E-state index contributed by atoms with van der Waals surface area (Å²) in [5, 5.41) is 0.895. The Bertz CT molecular complexity index is 1080. The Kier molecular flexibility index (Phi) is 5.32. The Morgan fingerprint density at radius 1 is 1.10 bits per heavy atom. The number of amides is 1. The van der Waals surface area contributed by atoms with Crippen molar-refractivity contribution in [3.8, 4) is 0 Å². The molecule has 4 heterocycles. The number of aryl methyl sites for hydroxylation is 1. The topological polar surface area (TPSA) is 81.1 Å². The van der Waals surface area contributed by atoms with Crippen LogP contribution in [0, 0.1) is 5.92 Å². The Morgan fingerprint density at radius 2 is 1.84 bits per heavy atom. The van der Waals surface area contributed by atoms with Crippen molar-refractivity contribution in [2.45, 2.75) is 36.4 Å². The van der Waals surface area contributed by atoms with Crippen LogP contribution >= 0.6 is 0 Å². The molecule has 3 aliphatic rings. The van der Waals surface area contributed by atoms with Crippen molar-refractivity contribution < 1.29 is 22.7 Å². The number of fused-ring (bicyclic) bond motifs is 1. The molecule has 1 aromatic heterocycles. The van der Waals surface area contributed by atoms with Crippen molar-refractivity contribution in [1.82, 2.24) is 13.8 Å². The second-order valence-corrected chi connectivity index (χ2v) is 10.7. The summed E-state index contributed by atoms with van der Waals surface area (Å²) in [6, 6.07) is 7.14. The summed E-state index contributed by atoms with van der Waals surface area (Å²) in [5.41, 5.74) is 0.990. The summed E-state index contributed by atoms with van der Waals surface area (Å²) < 4.78 is 41.6. The van der Waals surface area contributed by atoms with E-state index in [1.807, 2.05) is 34.8 Å². The maximum absolute atomic E-state index is 13.3. The first kappa shape index (κ1) is 20.9. The standard InChI is InChI=1S/C22H29N3O5S/c1-23-10-6-17-15-19(4-5-20(17)23)31(27,28)25-9-2-3-18(16-25)21(26)24-11-7-22(8-12-24)29-13-14-30-22/h4-6,10,15,18H,2-3,7-9,11-14,16H2,1H3/t18-/m0/s1. The maximum Gasteiger partial charge on any atom is 0.243 e. The van der Waals surface area contributed by atoms with E-state index in [1.165, 1.54) is 4.31 Å². The molecule has 8 nitrogen and oxygen atoms in total. The van der Waals surface area contributed by atoms with Gasteiger partial charge in [0, 0.05) is 63.2 Å². The van der Waals surface area contributed by atoms with Gasteiger partial charge in [-0.15, -0.1) is 0 Å². The Morgan fingerprint density at radius 3 is 2.58 bits per heavy atom. The Balaban J connectivity index is 1.28. The number of rotatable bonds is 3. The zero-order valence-corrected chi connectivity index (χ0v) is 18.6. The van der Waals surface area contributed by atoms with E-state index in [4.69, 9.17) is 9.47 Å². The minimum atomic E-state index is -3.65. The highest BCUT2D eigenvalue weighted by Crippen LogP contribution is 2.33. The third kappa shape index (κ3) is 3.77. The fraction of sp³-hybridized carbons (Fsp3) is 0.591. The fourth-order valence-corrected chi connectivity index (χ4v) is 6.60. The quantitative estimate of drug-likeness (QED) is 0.718. The third-order valence-corrected chi connectivity index (χ3v) is 8.74. The highest BCUT2D eigenvalue weighted by atomic mass is 32.2. The molecule has 2 aromatic rings. The molecule has 1 spiro atoms. The zero-order chi connectivity index (χ0) is 21.6. The molecule has 1 aromatic carbocycles. The second kappa shape index (κ2) is 7.88. The molecule has 9 heteroatoms. The van der Waals surface area contributed by atoms with Crippen LogP contribution in [0.4, 0.5) is 0 Å². The Labute approximate surface area is 182 Å². The molecule has 5 rings (SSSR count). The van der Waals surface area contributed by atoms with Crippen LogP contribution in [0.15, 0.2) is 35.4 Å². The van der Waals surface area contributed by atoms with E-state index in [1.54, 1.807) is 12.1 Å². The van der Waals surface area contributed by atoms with Crippen LogP contribution in [0.1, 0.15) is 25.7 Å². The smallest absolute Gasteiger partial charge is 0.243 e. The number of likely N-dealkylation sites (tertiary alicyclic amines) is 1. The SMILES string of the molecule is Cn1ccc2cc(S(=O)(=O)N3CCC[C@H](C(=O)N4CCC5(CC4)OCCO5)C3)ccc21. The Hall–Kier alpha value is -1.94. The zero-order valence-electron chi connectivity index (χ0n) is 17.8. The molecule has 1 amide bonds. The van der Waals surface area contributed by atoms with Gasteiger partial charge in [-0.05, 0) is 37.1 Å². The normalized spacial score (nSPS) is 24.8. The molecule has 0 saturated carbocycles. The van der Waals surface area contributed by atoms with E-state index in [0.717, 1.165) is 17.3 Å². The van der Waals surface area contributed by atoms with Crippen molar-refractivity contribution in [1.29, 1.82) is 0 Å². The lowest BCUT2D eigenvalue weighted by Crippen LogP contribution is -2.51. The number of ether oxygens (including phenoxy) is 2. The van der Waals surface area contributed by atoms with E-state index in [-0.39, 0.29) is 23.3 Å². The molecule has 3 fully saturated rings. The minimum Gasteiger partial charge on any atom is -0.351 e. The van der Waals surface area contributed by atoms with Crippen LogP contribution in [0.5, 0.6) is 0 Å². The molecule has 1 atom stereocenters. The van der Waals surface area contributed by atoms with Crippen LogP contribution < -0.4 is 0 Å². The molecule has 31 heavy (non-hydrogen) atoms. The summed E-state index contributed by atoms with van der Waals surface area (Å²) in [7, 11) is -1.71. The van der Waals surface area contributed by atoms with E-state index in [2.05, 4.69) is 0 Å². The van der Waals surface area contributed by atoms with Gasteiger partial charge in [-0.3, -0.25) is 4.79 Å². The lowest BCUT2D eigenvalue weighted by molar-refractivity contribution is -0.188. The fourth-order valence-electron chi connectivity index (χ4n) is 5.04. The maximum atomic E-state index is 13.3. The number of hydrogen-bond acceptors (Lipinski definition) is 5. The van der Waals surface area contributed by atoms with Gasteiger partial charge in [-0.2, -0.15) is 4.31 Å². The van der Waals surface area contributed by atoms with Crippen LogP contribution in [0.3, 0.4) is 0 Å². The second-order valence-electron chi connectivity index (χ2n) is 8.78. The van der Waals surface area contributed by atoms with Crippen LogP contribution in [-0.2, 0) is 31.3 Å². The summed E-state index contributed by atoms with van der Waals surface area (Å²) in [6.07, 6.45) is 4.67. The first-order valence-corrected chi connectivity index (χ1v) is 12.4. The number of aromatic nitrogens is 1. The lowest BCUT2D eigenvalue weighted by Gasteiger charge is -2.40. The molecule has 3 saturated heterocycles. The summed E-state index contributed by atoms with van der Waals surface area (Å²) in [5.74, 6) is -0.774. The van der Waals surface area contributed by atoms with E-state index >= 15 is 0 Å². The van der Waals surface area contributed by atoms with Crippen molar-refractivity contribution in [3.05, 3.63) is 30.5 Å². The average molecular weight is 448 g/mol. The van der Waals surface area contributed by atoms with Gasteiger partial charge in [-0.1, -0.05) is 0 Å². The highest BCUT2D eigenvalue weighted by Gasteiger charge is 2.42. The predicted molar refractivity (Wildman–Crippen MR) is 115 cm³/mol. The summed E-state index contributed by atoms with van der Waals surface area (Å²) in [6.45, 7) is 3.09. The van der Waals surface area contributed by atoms with Crippen molar-refractivity contribution in [2.24, 2.45) is 13.0 Å². The molecule has 0 bridgehead atoms. The summed E-state index contributed by atoms with van der Waals surface area (Å²) in [4.78, 5) is 15.3. The summed E-state index contributed by atoms with van der Waals surface area (Å²) >= 11 is 0. The van der Waals surface area contributed by atoms with Crippen molar-refractivity contribution in [2.75, 3.05) is 39.4 Å². The number of nitrogens with zero attached hydrogens (tertiary/aromatic N) is 3.